The lowest BCUT2D eigenvalue weighted by Crippen LogP contribution is -2.16. The van der Waals surface area contributed by atoms with E-state index in [9.17, 15) is 0 Å². The van der Waals surface area contributed by atoms with Gasteiger partial charge in [0.25, 0.3) is 0 Å². The van der Waals surface area contributed by atoms with Crippen LogP contribution in [0.5, 0.6) is 0 Å². The monoisotopic (exact) mass is 551 g/mol. The van der Waals surface area contributed by atoms with Crippen molar-refractivity contribution >= 4 is 60.5 Å². The molecule has 0 unspecified atom stereocenters. The highest BCUT2D eigenvalue weighted by molar-refractivity contribution is 6.25. The fourth-order valence-corrected chi connectivity index (χ4v) is 7.37. The number of hydrogen-bond donors (Lipinski definition) is 0. The topological polar surface area (TPSA) is 16.4 Å². The highest BCUT2D eigenvalue weighted by atomic mass is 16.3. The number of fused-ring (bicyclic) bond motifs is 10. The van der Waals surface area contributed by atoms with Crippen LogP contribution >= 0.6 is 0 Å². The lowest BCUT2D eigenvalue weighted by molar-refractivity contribution is 0.660. The Morgan fingerprint density at radius 1 is 0.512 bits per heavy atom. The molecular weight excluding hydrogens is 522 g/mol. The molecule has 0 N–H and O–H groups in total. The lowest BCUT2D eigenvalue weighted by Gasteiger charge is -2.29. The van der Waals surface area contributed by atoms with E-state index >= 15 is 0 Å². The van der Waals surface area contributed by atoms with Crippen LogP contribution in [0.3, 0.4) is 0 Å². The van der Waals surface area contributed by atoms with Crippen LogP contribution in [0.15, 0.2) is 144 Å². The number of hydrogen-bond acceptors (Lipinski definition) is 2. The Morgan fingerprint density at radius 3 is 2.07 bits per heavy atom. The molecule has 1 aliphatic carbocycles. The summed E-state index contributed by atoms with van der Waals surface area (Å²) < 4.78 is 6.76. The van der Waals surface area contributed by atoms with Crippen LogP contribution in [-0.2, 0) is 5.41 Å². The van der Waals surface area contributed by atoms with Crippen LogP contribution in [0.4, 0.5) is 17.1 Å². The number of nitrogens with zero attached hydrogens (tertiary/aromatic N) is 1. The van der Waals surface area contributed by atoms with Gasteiger partial charge in [0.2, 0.25) is 0 Å². The molecule has 2 heteroatoms. The summed E-state index contributed by atoms with van der Waals surface area (Å²) >= 11 is 0. The first-order valence-corrected chi connectivity index (χ1v) is 14.9. The fraction of sp³-hybridized carbons (Fsp3) is 0.0732. The second kappa shape index (κ2) is 8.83. The van der Waals surface area contributed by atoms with Crippen molar-refractivity contribution in [1.29, 1.82) is 0 Å². The van der Waals surface area contributed by atoms with E-state index in [2.05, 4.69) is 158 Å². The summed E-state index contributed by atoms with van der Waals surface area (Å²) in [5.41, 5.74) is 10.5. The summed E-state index contributed by atoms with van der Waals surface area (Å²) in [5.74, 6) is 0. The molecule has 0 bridgehead atoms. The molecule has 0 atom stereocenters. The van der Waals surface area contributed by atoms with Crippen molar-refractivity contribution in [1.82, 2.24) is 0 Å². The molecule has 0 aliphatic heterocycles. The Balaban J connectivity index is 1.34. The summed E-state index contributed by atoms with van der Waals surface area (Å²) in [4.78, 5) is 2.40. The molecule has 9 rings (SSSR count). The van der Waals surface area contributed by atoms with Crippen LogP contribution in [0.1, 0.15) is 25.0 Å². The Morgan fingerprint density at radius 2 is 1.21 bits per heavy atom. The minimum absolute atomic E-state index is 0.0872. The minimum Gasteiger partial charge on any atom is -0.455 e. The first kappa shape index (κ1) is 24.3. The second-order valence-corrected chi connectivity index (χ2v) is 12.2. The van der Waals surface area contributed by atoms with Gasteiger partial charge in [0.15, 0.2) is 0 Å². The van der Waals surface area contributed by atoms with Crippen molar-refractivity contribution in [2.24, 2.45) is 0 Å². The van der Waals surface area contributed by atoms with Crippen LogP contribution in [0.25, 0.3) is 54.6 Å². The molecule has 1 aromatic heterocycles. The molecule has 0 fully saturated rings. The van der Waals surface area contributed by atoms with E-state index in [0.717, 1.165) is 39.0 Å². The zero-order chi connectivity index (χ0) is 28.7. The molecular formula is C41H29NO. The van der Waals surface area contributed by atoms with Gasteiger partial charge in [-0.15, -0.1) is 0 Å². The van der Waals surface area contributed by atoms with E-state index in [1.165, 1.54) is 43.8 Å². The molecule has 0 amide bonds. The van der Waals surface area contributed by atoms with Crippen LogP contribution in [-0.4, -0.2) is 0 Å². The molecule has 43 heavy (non-hydrogen) atoms. The van der Waals surface area contributed by atoms with Gasteiger partial charge in [0, 0.05) is 44.4 Å². The fourth-order valence-electron chi connectivity index (χ4n) is 7.37. The van der Waals surface area contributed by atoms with Gasteiger partial charge in [-0.25, -0.2) is 0 Å². The Kier molecular flexibility index (Phi) is 4.99. The maximum atomic E-state index is 6.76. The molecule has 0 spiro atoms. The van der Waals surface area contributed by atoms with Crippen molar-refractivity contribution < 1.29 is 4.42 Å². The Hall–Kier alpha value is -5.34. The van der Waals surface area contributed by atoms with E-state index in [1.54, 1.807) is 0 Å². The zero-order valence-corrected chi connectivity index (χ0v) is 24.1. The summed E-state index contributed by atoms with van der Waals surface area (Å²) in [6, 6.07) is 50.4. The van der Waals surface area contributed by atoms with Gasteiger partial charge in [-0.2, -0.15) is 0 Å². The van der Waals surface area contributed by atoms with E-state index in [0.29, 0.717) is 0 Å². The highest BCUT2D eigenvalue weighted by Gasteiger charge is 2.35. The van der Waals surface area contributed by atoms with E-state index in [-0.39, 0.29) is 5.41 Å². The largest absolute Gasteiger partial charge is 0.455 e. The number of rotatable bonds is 3. The number of furan rings is 1. The van der Waals surface area contributed by atoms with Gasteiger partial charge < -0.3 is 9.32 Å². The van der Waals surface area contributed by atoms with Crippen molar-refractivity contribution in [3.05, 3.63) is 151 Å². The molecule has 0 radical (unpaired) electrons. The molecule has 2 nitrogen and oxygen atoms in total. The highest BCUT2D eigenvalue weighted by Crippen LogP contribution is 2.51. The first-order chi connectivity index (χ1) is 21.1. The Bertz CT molecular complexity index is 2380. The van der Waals surface area contributed by atoms with E-state index in [4.69, 9.17) is 4.42 Å². The molecule has 204 valence electrons. The third-order valence-corrected chi connectivity index (χ3v) is 9.43. The van der Waals surface area contributed by atoms with Gasteiger partial charge >= 0.3 is 0 Å². The smallest absolute Gasteiger partial charge is 0.143 e. The van der Waals surface area contributed by atoms with Gasteiger partial charge in [-0.1, -0.05) is 117 Å². The summed E-state index contributed by atoms with van der Waals surface area (Å²) in [7, 11) is 0. The van der Waals surface area contributed by atoms with Crippen molar-refractivity contribution in [2.45, 2.75) is 19.3 Å². The van der Waals surface area contributed by atoms with Crippen molar-refractivity contribution in [3.63, 3.8) is 0 Å². The molecule has 7 aromatic carbocycles. The summed E-state index contributed by atoms with van der Waals surface area (Å²) in [6.45, 7) is 4.68. The van der Waals surface area contributed by atoms with E-state index < -0.39 is 0 Å². The van der Waals surface area contributed by atoms with Crippen LogP contribution < -0.4 is 4.90 Å². The van der Waals surface area contributed by atoms with Gasteiger partial charge in [0.1, 0.15) is 11.2 Å². The standard InChI is InChI=1S/C41H29NO/c1-41(2)35-19-11-10-16-30(35)31-23-21-28(24-36(31)41)42(27-13-4-3-5-14-27)37-25-38-39(33-18-9-8-17-32(33)37)34-22-20-26-12-6-7-15-29(26)40(34)43-38/h3-25H,1-2H3. The van der Waals surface area contributed by atoms with Gasteiger partial charge in [-0.3, -0.25) is 0 Å². The maximum Gasteiger partial charge on any atom is 0.143 e. The molecule has 1 heterocycles. The number of benzene rings is 7. The molecule has 1 aliphatic rings. The lowest BCUT2D eigenvalue weighted by atomic mass is 9.82. The molecule has 0 saturated heterocycles. The predicted molar refractivity (Wildman–Crippen MR) is 181 cm³/mol. The predicted octanol–water partition coefficient (Wildman–Crippen LogP) is 11.7. The average molecular weight is 552 g/mol. The van der Waals surface area contributed by atoms with Gasteiger partial charge in [0.05, 0.1) is 5.69 Å². The summed E-state index contributed by atoms with van der Waals surface area (Å²) in [5, 5.41) is 7.03. The van der Waals surface area contributed by atoms with Gasteiger partial charge in [-0.05, 0) is 63.4 Å². The normalized spacial score (nSPS) is 13.5. The minimum atomic E-state index is -0.0872. The summed E-state index contributed by atoms with van der Waals surface area (Å²) in [6.07, 6.45) is 0. The molecule has 8 aromatic rings. The quantitative estimate of drug-likeness (QED) is 0.217. The molecule has 0 saturated carbocycles. The van der Waals surface area contributed by atoms with E-state index in [1.807, 2.05) is 0 Å². The van der Waals surface area contributed by atoms with Crippen LogP contribution in [0, 0.1) is 0 Å². The number of para-hydroxylation sites is 1. The van der Waals surface area contributed by atoms with Crippen LogP contribution in [0.2, 0.25) is 0 Å². The maximum absolute atomic E-state index is 6.76. The first-order valence-electron chi connectivity index (χ1n) is 14.9. The third kappa shape index (κ3) is 3.41. The SMILES string of the molecule is CC1(C)c2ccccc2-c2ccc(N(c3ccccc3)c3cc4oc5c6ccccc6ccc5c4c4ccccc34)cc21. The average Bonchev–Trinajstić information content (AvgIpc) is 3.54. The second-order valence-electron chi connectivity index (χ2n) is 12.2. The zero-order valence-electron chi connectivity index (χ0n) is 24.1. The van der Waals surface area contributed by atoms with Crippen molar-refractivity contribution in [3.8, 4) is 11.1 Å². The Labute approximate surface area is 250 Å². The third-order valence-electron chi connectivity index (χ3n) is 9.43. The van der Waals surface area contributed by atoms with Crippen molar-refractivity contribution in [2.75, 3.05) is 4.90 Å². The number of anilines is 3.